The molecule has 2 aromatic rings. The number of nitrogens with two attached hydrogens (primary N) is 1. The number of amidine groups is 1. The number of ether oxygens (including phenoxy) is 1. The topological polar surface area (TPSA) is 135 Å². The highest BCUT2D eigenvalue weighted by Crippen LogP contribution is 2.24. The number of benzene rings is 1. The number of oxime groups is 1. The van der Waals surface area contributed by atoms with Crippen molar-refractivity contribution >= 4 is 17.6 Å². The second kappa shape index (κ2) is 6.95. The highest BCUT2D eigenvalue weighted by molar-refractivity contribution is 5.98. The lowest BCUT2D eigenvalue weighted by molar-refractivity contribution is -0.274. The van der Waals surface area contributed by atoms with Crippen LogP contribution < -0.4 is 15.8 Å². The second-order valence-electron chi connectivity index (χ2n) is 5.08. The van der Waals surface area contributed by atoms with Crippen molar-refractivity contribution in [1.29, 1.82) is 0 Å². The first-order valence-corrected chi connectivity index (χ1v) is 7.19. The van der Waals surface area contributed by atoms with E-state index in [9.17, 15) is 23.2 Å². The maximum atomic E-state index is 12.2. The van der Waals surface area contributed by atoms with Crippen molar-refractivity contribution in [3.63, 3.8) is 0 Å². The fraction of sp³-hybridized carbons (Fsp3) is 0.143. The van der Waals surface area contributed by atoms with Gasteiger partial charge in [0.25, 0.3) is 5.91 Å². The van der Waals surface area contributed by atoms with Crippen LogP contribution in [-0.4, -0.2) is 44.7 Å². The molecule has 2 heterocycles. The molecule has 142 valence electrons. The Morgan fingerprint density at radius 1 is 1.26 bits per heavy atom. The number of primary amides is 1. The molecule has 0 radical (unpaired) electrons. The summed E-state index contributed by atoms with van der Waals surface area (Å²) in [7, 11) is 0. The van der Waals surface area contributed by atoms with Gasteiger partial charge in [0.05, 0.1) is 12.4 Å². The maximum Gasteiger partial charge on any atom is 0.573 e. The fourth-order valence-corrected chi connectivity index (χ4v) is 2.03. The Morgan fingerprint density at radius 3 is 2.52 bits per heavy atom. The van der Waals surface area contributed by atoms with Crippen molar-refractivity contribution in [3.8, 4) is 5.75 Å². The van der Waals surface area contributed by atoms with Crippen LogP contribution in [0.15, 0.2) is 41.8 Å². The van der Waals surface area contributed by atoms with Crippen LogP contribution in [0.4, 0.5) is 19.0 Å². The van der Waals surface area contributed by atoms with Gasteiger partial charge in [0, 0.05) is 5.56 Å². The van der Waals surface area contributed by atoms with Gasteiger partial charge in [-0.3, -0.25) is 10.0 Å². The summed E-state index contributed by atoms with van der Waals surface area (Å²) < 4.78 is 40.3. The zero-order valence-corrected chi connectivity index (χ0v) is 13.2. The predicted octanol–water partition coefficient (Wildman–Crippen LogP) is 1.25. The van der Waals surface area contributed by atoms with Gasteiger partial charge < -0.3 is 20.6 Å². The number of hydroxylamine groups is 2. The van der Waals surface area contributed by atoms with E-state index in [4.69, 9.17) is 10.6 Å². The molecule has 1 aromatic carbocycles. The van der Waals surface area contributed by atoms with Crippen LogP contribution in [0.2, 0.25) is 0 Å². The molecule has 1 unspecified atom stereocenters. The lowest BCUT2D eigenvalue weighted by Gasteiger charge is -2.19. The summed E-state index contributed by atoms with van der Waals surface area (Å²) in [6.45, 7) is 0. The summed E-state index contributed by atoms with van der Waals surface area (Å²) in [5, 5.41) is 17.0. The number of hydrogen-bond donors (Lipinski definition) is 3. The SMILES string of the molecule is NC(=O)c1cnc(NC2ON=C(c3ccc(OC(F)(F)F)cc3)N2O)cn1. The molecular formula is C14H11F3N6O4. The van der Waals surface area contributed by atoms with Crippen LogP contribution in [0, 0.1) is 0 Å². The number of carbonyl (C=O) groups excluding carboxylic acids is 1. The average Bonchev–Trinajstić information content (AvgIpc) is 2.95. The summed E-state index contributed by atoms with van der Waals surface area (Å²) in [6.07, 6.45) is -3.67. The minimum atomic E-state index is -4.81. The third-order valence-electron chi connectivity index (χ3n) is 3.20. The van der Waals surface area contributed by atoms with Gasteiger partial charge in [-0.1, -0.05) is 5.16 Å². The van der Waals surface area contributed by atoms with E-state index in [1.165, 1.54) is 18.3 Å². The molecule has 1 aliphatic rings. The zero-order valence-electron chi connectivity index (χ0n) is 13.2. The number of aromatic nitrogens is 2. The third-order valence-corrected chi connectivity index (χ3v) is 3.20. The Labute approximate surface area is 149 Å². The van der Waals surface area contributed by atoms with Crippen molar-refractivity contribution in [3.05, 3.63) is 47.9 Å². The second-order valence-corrected chi connectivity index (χ2v) is 5.08. The van der Waals surface area contributed by atoms with Crippen LogP contribution in [-0.2, 0) is 4.84 Å². The van der Waals surface area contributed by atoms with Gasteiger partial charge in [-0.2, -0.15) is 5.06 Å². The van der Waals surface area contributed by atoms with Gasteiger partial charge in [-0.25, -0.2) is 9.97 Å². The van der Waals surface area contributed by atoms with E-state index >= 15 is 0 Å². The van der Waals surface area contributed by atoms with Crippen molar-refractivity contribution in [2.45, 2.75) is 12.7 Å². The van der Waals surface area contributed by atoms with E-state index in [2.05, 4.69) is 25.2 Å². The molecular weight excluding hydrogens is 373 g/mol. The lowest BCUT2D eigenvalue weighted by atomic mass is 10.2. The summed E-state index contributed by atoms with van der Waals surface area (Å²) >= 11 is 0. The van der Waals surface area contributed by atoms with Gasteiger partial charge in [0.15, 0.2) is 0 Å². The predicted molar refractivity (Wildman–Crippen MR) is 82.3 cm³/mol. The molecule has 1 aromatic heterocycles. The number of halogens is 3. The van der Waals surface area contributed by atoms with E-state index in [-0.39, 0.29) is 22.9 Å². The van der Waals surface area contributed by atoms with Crippen molar-refractivity contribution in [2.24, 2.45) is 10.9 Å². The third kappa shape index (κ3) is 4.33. The Hall–Kier alpha value is -3.61. The number of alkyl halides is 3. The molecule has 13 heteroatoms. The monoisotopic (exact) mass is 384 g/mol. The highest BCUT2D eigenvalue weighted by atomic mass is 19.4. The first-order chi connectivity index (χ1) is 12.7. The molecule has 0 spiro atoms. The average molecular weight is 384 g/mol. The first kappa shape index (κ1) is 18.2. The van der Waals surface area contributed by atoms with Crippen LogP contribution in [0.5, 0.6) is 5.75 Å². The summed E-state index contributed by atoms with van der Waals surface area (Å²) in [5.41, 5.74) is 5.27. The molecule has 1 aliphatic heterocycles. The number of carbonyl (C=O) groups is 1. The Kier molecular flexibility index (Phi) is 4.68. The zero-order chi connectivity index (χ0) is 19.6. The van der Waals surface area contributed by atoms with E-state index in [0.717, 1.165) is 18.3 Å². The summed E-state index contributed by atoms with van der Waals surface area (Å²) in [5.74, 6) is -1.09. The van der Waals surface area contributed by atoms with Crippen molar-refractivity contribution < 1.29 is 32.7 Å². The number of anilines is 1. The molecule has 3 rings (SSSR count). The number of rotatable bonds is 5. The minimum Gasteiger partial charge on any atom is -0.406 e. The van der Waals surface area contributed by atoms with E-state index < -0.39 is 24.4 Å². The van der Waals surface area contributed by atoms with Gasteiger partial charge >= 0.3 is 12.7 Å². The van der Waals surface area contributed by atoms with E-state index in [0.29, 0.717) is 5.06 Å². The standard InChI is InChI=1S/C14H11F3N6O4/c15-14(16,17)26-8-3-1-7(2-4-8)12-22-27-13(23(12)25)21-10-6-19-9(5-20-10)11(18)24/h1-6,13,25H,(H2,18,24)(H,20,21). The molecule has 0 saturated carbocycles. The lowest BCUT2D eigenvalue weighted by Crippen LogP contribution is -2.39. The molecule has 27 heavy (non-hydrogen) atoms. The maximum absolute atomic E-state index is 12.2. The van der Waals surface area contributed by atoms with Crippen LogP contribution in [0.3, 0.4) is 0 Å². The Morgan fingerprint density at radius 2 is 1.96 bits per heavy atom. The minimum absolute atomic E-state index is 0.0492. The fourth-order valence-electron chi connectivity index (χ4n) is 2.03. The van der Waals surface area contributed by atoms with Gasteiger partial charge in [-0.15, -0.1) is 13.2 Å². The van der Waals surface area contributed by atoms with Crippen molar-refractivity contribution in [1.82, 2.24) is 15.0 Å². The molecule has 1 amide bonds. The van der Waals surface area contributed by atoms with E-state index in [1.807, 2.05) is 0 Å². The first-order valence-electron chi connectivity index (χ1n) is 7.19. The summed E-state index contributed by atoms with van der Waals surface area (Å²) in [4.78, 5) is 23.6. The largest absolute Gasteiger partial charge is 0.573 e. The molecule has 10 nitrogen and oxygen atoms in total. The Bertz CT molecular complexity index is 857. The molecule has 0 aliphatic carbocycles. The molecule has 4 N–H and O–H groups in total. The van der Waals surface area contributed by atoms with Crippen LogP contribution >= 0.6 is 0 Å². The number of hydrogen-bond acceptors (Lipinski definition) is 9. The van der Waals surface area contributed by atoms with Crippen LogP contribution in [0.25, 0.3) is 0 Å². The molecule has 0 saturated heterocycles. The van der Waals surface area contributed by atoms with E-state index in [1.54, 1.807) is 0 Å². The van der Waals surface area contributed by atoms with Gasteiger partial charge in [0.1, 0.15) is 17.3 Å². The summed E-state index contributed by atoms with van der Waals surface area (Å²) in [6, 6.07) is 4.65. The molecule has 0 fully saturated rings. The molecule has 0 bridgehead atoms. The van der Waals surface area contributed by atoms with Gasteiger partial charge in [0.2, 0.25) is 5.84 Å². The Balaban J connectivity index is 1.65. The normalized spacial score (nSPS) is 16.5. The van der Waals surface area contributed by atoms with Crippen molar-refractivity contribution in [2.75, 3.05) is 5.32 Å². The van der Waals surface area contributed by atoms with Crippen LogP contribution in [0.1, 0.15) is 16.1 Å². The van der Waals surface area contributed by atoms with Gasteiger partial charge in [-0.05, 0) is 24.3 Å². The number of nitrogens with zero attached hydrogens (tertiary/aromatic N) is 4. The quantitative estimate of drug-likeness (QED) is 0.701. The molecule has 1 atom stereocenters. The number of amides is 1. The smallest absolute Gasteiger partial charge is 0.406 e. The highest BCUT2D eigenvalue weighted by Gasteiger charge is 2.32. The number of nitrogens with one attached hydrogen (secondary N) is 1.